The third kappa shape index (κ3) is 4.84. The quantitative estimate of drug-likeness (QED) is 0.418. The summed E-state index contributed by atoms with van der Waals surface area (Å²) in [5.41, 5.74) is 1.76. The molecule has 0 saturated carbocycles. The van der Waals surface area contributed by atoms with Gasteiger partial charge < -0.3 is 23.7 Å². The van der Waals surface area contributed by atoms with Gasteiger partial charge in [-0.2, -0.15) is 0 Å². The van der Waals surface area contributed by atoms with Crippen molar-refractivity contribution in [3.05, 3.63) is 78.5 Å². The molecule has 0 N–H and O–H groups in total. The van der Waals surface area contributed by atoms with Crippen molar-refractivity contribution in [2.24, 2.45) is 4.99 Å². The number of carbonyl (C=O) groups is 1. The van der Waals surface area contributed by atoms with Gasteiger partial charge in [0.25, 0.3) is 5.56 Å². The van der Waals surface area contributed by atoms with E-state index in [0.29, 0.717) is 43.6 Å². The van der Waals surface area contributed by atoms with Gasteiger partial charge in [0.05, 0.1) is 50.8 Å². The van der Waals surface area contributed by atoms with Crippen LogP contribution in [0, 0.1) is 0 Å². The average Bonchev–Trinajstić information content (AvgIpc) is 3.21. The Balaban J connectivity index is 1.99. The number of hydrogen-bond acceptors (Lipinski definition) is 9. The van der Waals surface area contributed by atoms with Gasteiger partial charge in [0.1, 0.15) is 17.5 Å². The third-order valence-electron chi connectivity index (χ3n) is 5.95. The number of methoxy groups -OCH3 is 4. The molecule has 0 fully saturated rings. The summed E-state index contributed by atoms with van der Waals surface area (Å²) in [6.07, 6.45) is 1.76. The van der Waals surface area contributed by atoms with E-state index in [1.165, 1.54) is 23.0 Å². The van der Waals surface area contributed by atoms with Gasteiger partial charge in [-0.3, -0.25) is 9.36 Å². The SMILES string of the molecule is CCOC(=O)C1=C(C)N=c2s/c(=C/c3ccc(OC)c(OC)c3)c(=O)n2[C@H]1c1cc(OC)ccc1OC. The fourth-order valence-corrected chi connectivity index (χ4v) is 5.28. The fourth-order valence-electron chi connectivity index (χ4n) is 4.23. The van der Waals surface area contributed by atoms with E-state index < -0.39 is 12.0 Å². The standard InChI is InChI=1S/C27H28N2O7S/c1-7-36-26(31)23-15(2)28-27-29(24(23)18-14-17(32-3)9-11-19(18)33-4)25(30)22(37-27)13-16-8-10-20(34-5)21(12-16)35-6/h8-14,24H,7H2,1-6H3/b22-13+/t24-/m0/s1. The van der Waals surface area contributed by atoms with Crippen LogP contribution < -0.4 is 33.8 Å². The van der Waals surface area contributed by atoms with Crippen molar-refractivity contribution >= 4 is 23.4 Å². The van der Waals surface area contributed by atoms with Crippen LogP contribution in [0.1, 0.15) is 31.0 Å². The van der Waals surface area contributed by atoms with Gasteiger partial charge in [-0.25, -0.2) is 9.79 Å². The Kier molecular flexibility index (Phi) is 7.68. The van der Waals surface area contributed by atoms with Gasteiger partial charge in [-0.1, -0.05) is 17.4 Å². The number of nitrogens with zero attached hydrogens (tertiary/aromatic N) is 2. The monoisotopic (exact) mass is 524 g/mol. The summed E-state index contributed by atoms with van der Waals surface area (Å²) >= 11 is 1.23. The van der Waals surface area contributed by atoms with Crippen molar-refractivity contribution in [2.45, 2.75) is 19.9 Å². The molecule has 0 saturated heterocycles. The predicted octanol–water partition coefficient (Wildman–Crippen LogP) is 2.83. The van der Waals surface area contributed by atoms with Crippen molar-refractivity contribution in [2.75, 3.05) is 35.0 Å². The summed E-state index contributed by atoms with van der Waals surface area (Å²) < 4.78 is 29.1. The second-order valence-corrected chi connectivity index (χ2v) is 9.03. The number of fused-ring (bicyclic) bond motifs is 1. The molecular formula is C27H28N2O7S. The highest BCUT2D eigenvalue weighted by atomic mass is 32.1. The van der Waals surface area contributed by atoms with E-state index in [-0.39, 0.29) is 17.7 Å². The van der Waals surface area contributed by atoms with E-state index in [4.69, 9.17) is 23.7 Å². The highest BCUT2D eigenvalue weighted by Gasteiger charge is 2.35. The number of thiazole rings is 1. The lowest BCUT2D eigenvalue weighted by Gasteiger charge is -2.26. The second kappa shape index (κ2) is 10.9. The topological polar surface area (TPSA) is 97.6 Å². The first-order valence-electron chi connectivity index (χ1n) is 11.5. The maximum atomic E-state index is 13.8. The minimum Gasteiger partial charge on any atom is -0.497 e. The van der Waals surface area contributed by atoms with E-state index in [9.17, 15) is 9.59 Å². The molecule has 1 aromatic heterocycles. The molecule has 0 spiro atoms. The maximum Gasteiger partial charge on any atom is 0.338 e. The minimum atomic E-state index is -0.826. The smallest absolute Gasteiger partial charge is 0.338 e. The normalized spacial score (nSPS) is 15.1. The Bertz CT molecular complexity index is 1550. The molecule has 4 rings (SSSR count). The Morgan fingerprint density at radius 3 is 2.35 bits per heavy atom. The van der Waals surface area contributed by atoms with Crippen LogP contribution in [0.3, 0.4) is 0 Å². The number of hydrogen-bond donors (Lipinski definition) is 0. The van der Waals surface area contributed by atoms with Crippen LogP contribution in [0.4, 0.5) is 0 Å². The molecular weight excluding hydrogens is 496 g/mol. The molecule has 3 aromatic rings. The lowest BCUT2D eigenvalue weighted by atomic mass is 9.94. The molecule has 1 aliphatic rings. The highest BCUT2D eigenvalue weighted by Crippen LogP contribution is 2.38. The summed E-state index contributed by atoms with van der Waals surface area (Å²) in [4.78, 5) is 32.1. The zero-order chi connectivity index (χ0) is 26.7. The van der Waals surface area contributed by atoms with E-state index in [0.717, 1.165) is 5.56 Å². The molecule has 1 atom stereocenters. The van der Waals surface area contributed by atoms with Crippen molar-refractivity contribution in [1.82, 2.24) is 4.57 Å². The van der Waals surface area contributed by atoms with E-state index in [2.05, 4.69) is 4.99 Å². The molecule has 0 amide bonds. The number of esters is 1. The zero-order valence-electron chi connectivity index (χ0n) is 21.5. The first-order chi connectivity index (χ1) is 17.9. The van der Waals surface area contributed by atoms with E-state index in [1.807, 2.05) is 6.07 Å². The molecule has 0 unspecified atom stereocenters. The van der Waals surface area contributed by atoms with Gasteiger partial charge in [-0.15, -0.1) is 0 Å². The van der Waals surface area contributed by atoms with Crippen LogP contribution in [0.5, 0.6) is 23.0 Å². The summed E-state index contributed by atoms with van der Waals surface area (Å²) in [6, 6.07) is 9.82. The molecule has 9 nitrogen and oxygen atoms in total. The van der Waals surface area contributed by atoms with Crippen molar-refractivity contribution < 1.29 is 28.5 Å². The molecule has 37 heavy (non-hydrogen) atoms. The number of rotatable bonds is 8. The van der Waals surface area contributed by atoms with Gasteiger partial charge in [0.15, 0.2) is 16.3 Å². The van der Waals surface area contributed by atoms with E-state index >= 15 is 0 Å². The van der Waals surface area contributed by atoms with Crippen molar-refractivity contribution in [3.63, 3.8) is 0 Å². The number of ether oxygens (including phenoxy) is 5. The molecule has 10 heteroatoms. The number of aromatic nitrogens is 1. The third-order valence-corrected chi connectivity index (χ3v) is 6.94. The first-order valence-corrected chi connectivity index (χ1v) is 12.3. The molecule has 2 aromatic carbocycles. The van der Waals surface area contributed by atoms with Crippen LogP contribution >= 0.6 is 11.3 Å². The Labute approximate surface area is 217 Å². The predicted molar refractivity (Wildman–Crippen MR) is 139 cm³/mol. The van der Waals surface area contributed by atoms with Gasteiger partial charge in [-0.05, 0) is 55.8 Å². The van der Waals surface area contributed by atoms with Crippen LogP contribution in [0.25, 0.3) is 6.08 Å². The maximum absolute atomic E-state index is 13.8. The lowest BCUT2D eigenvalue weighted by Crippen LogP contribution is -2.40. The number of carbonyl (C=O) groups excluding carboxylic acids is 1. The molecule has 2 heterocycles. The minimum absolute atomic E-state index is 0.182. The van der Waals surface area contributed by atoms with Crippen LogP contribution in [0.15, 0.2) is 57.5 Å². The highest BCUT2D eigenvalue weighted by molar-refractivity contribution is 7.07. The zero-order valence-corrected chi connectivity index (χ0v) is 22.3. The Morgan fingerprint density at radius 2 is 1.70 bits per heavy atom. The first kappa shape index (κ1) is 26.0. The van der Waals surface area contributed by atoms with Gasteiger partial charge in [0.2, 0.25) is 0 Å². The van der Waals surface area contributed by atoms with Gasteiger partial charge >= 0.3 is 5.97 Å². The van der Waals surface area contributed by atoms with E-state index in [1.54, 1.807) is 71.6 Å². The molecule has 0 aliphatic carbocycles. The number of allylic oxidation sites excluding steroid dienone is 1. The average molecular weight is 525 g/mol. The van der Waals surface area contributed by atoms with Crippen LogP contribution in [-0.2, 0) is 9.53 Å². The van der Waals surface area contributed by atoms with Crippen molar-refractivity contribution in [1.29, 1.82) is 0 Å². The van der Waals surface area contributed by atoms with Crippen LogP contribution in [-0.4, -0.2) is 45.6 Å². The van der Waals surface area contributed by atoms with Gasteiger partial charge in [0, 0.05) is 5.56 Å². The molecule has 194 valence electrons. The second-order valence-electron chi connectivity index (χ2n) is 8.02. The summed E-state index contributed by atoms with van der Waals surface area (Å²) in [5.74, 6) is 1.63. The molecule has 0 radical (unpaired) electrons. The largest absolute Gasteiger partial charge is 0.497 e. The summed E-state index contributed by atoms with van der Waals surface area (Å²) in [5, 5.41) is 0. The van der Waals surface area contributed by atoms with Crippen LogP contribution in [0.2, 0.25) is 0 Å². The van der Waals surface area contributed by atoms with Crippen molar-refractivity contribution in [3.8, 4) is 23.0 Å². The molecule has 1 aliphatic heterocycles. The summed E-state index contributed by atoms with van der Waals surface area (Å²) in [7, 11) is 6.20. The fraction of sp³-hybridized carbons (Fsp3) is 0.296. The lowest BCUT2D eigenvalue weighted by molar-refractivity contribution is -0.139. The number of benzene rings is 2. The Morgan fingerprint density at radius 1 is 1.00 bits per heavy atom. The summed E-state index contributed by atoms with van der Waals surface area (Å²) in [6.45, 7) is 3.64. The Hall–Kier alpha value is -4.05. The molecule has 0 bridgehead atoms.